The maximum absolute atomic E-state index is 5.73. The minimum atomic E-state index is 0.0249. The second-order valence-corrected chi connectivity index (χ2v) is 3.82. The van der Waals surface area contributed by atoms with E-state index in [4.69, 9.17) is 16.3 Å². The van der Waals surface area contributed by atoms with Crippen LogP contribution < -0.4 is 5.32 Å². The highest BCUT2D eigenvalue weighted by Gasteiger charge is 2.13. The van der Waals surface area contributed by atoms with Crippen LogP contribution in [0.2, 0.25) is 0 Å². The normalized spacial score (nSPS) is 12.0. The molecule has 0 fully saturated rings. The van der Waals surface area contributed by atoms with Gasteiger partial charge in [0.15, 0.2) is 0 Å². The predicted octanol–water partition coefficient (Wildman–Crippen LogP) is 2.02. The highest BCUT2D eigenvalue weighted by molar-refractivity contribution is 6.18. The number of ether oxygens (including phenoxy) is 1. The average molecular weight is 194 g/mol. The summed E-state index contributed by atoms with van der Waals surface area (Å²) < 4.78 is 5.32. The second kappa shape index (κ2) is 6.70. The first-order chi connectivity index (χ1) is 5.62. The van der Waals surface area contributed by atoms with Crippen LogP contribution in [-0.2, 0) is 4.74 Å². The first-order valence-corrected chi connectivity index (χ1v) is 5.04. The third-order valence-electron chi connectivity index (χ3n) is 1.53. The van der Waals surface area contributed by atoms with E-state index in [1.807, 2.05) is 0 Å². The van der Waals surface area contributed by atoms with Crippen LogP contribution in [0.3, 0.4) is 0 Å². The largest absolute Gasteiger partial charge is 0.380 e. The molecule has 0 bridgehead atoms. The van der Waals surface area contributed by atoms with Crippen LogP contribution in [0.5, 0.6) is 0 Å². The molecule has 0 aromatic heterocycles. The van der Waals surface area contributed by atoms with E-state index >= 15 is 0 Å². The molecule has 0 aliphatic rings. The minimum Gasteiger partial charge on any atom is -0.380 e. The van der Waals surface area contributed by atoms with Crippen molar-refractivity contribution in [2.75, 3.05) is 25.6 Å². The van der Waals surface area contributed by atoms with Gasteiger partial charge in [-0.25, -0.2) is 0 Å². The zero-order valence-corrected chi connectivity index (χ0v) is 9.08. The van der Waals surface area contributed by atoms with E-state index in [1.54, 1.807) is 0 Å². The molecular weight excluding hydrogens is 174 g/mol. The van der Waals surface area contributed by atoms with Gasteiger partial charge >= 0.3 is 0 Å². The molecule has 0 radical (unpaired) electrons. The third-order valence-corrected chi connectivity index (χ3v) is 2.20. The number of alkyl halides is 1. The Morgan fingerprint density at radius 1 is 1.33 bits per heavy atom. The molecule has 0 aliphatic heterocycles. The maximum Gasteiger partial charge on any atom is 0.0591 e. The number of rotatable bonds is 7. The quantitative estimate of drug-likeness (QED) is 0.494. The molecule has 0 spiro atoms. The van der Waals surface area contributed by atoms with Gasteiger partial charge in [0.05, 0.1) is 6.61 Å². The van der Waals surface area contributed by atoms with Gasteiger partial charge in [0.2, 0.25) is 0 Å². The number of halogens is 1. The number of hydrogen-bond acceptors (Lipinski definition) is 2. The van der Waals surface area contributed by atoms with Crippen LogP contribution >= 0.6 is 11.6 Å². The fourth-order valence-electron chi connectivity index (χ4n) is 0.755. The minimum absolute atomic E-state index is 0.0249. The first kappa shape index (κ1) is 12.2. The molecule has 1 N–H and O–H groups in total. The lowest BCUT2D eigenvalue weighted by molar-refractivity contribution is 0.131. The molecule has 0 rings (SSSR count). The predicted molar refractivity (Wildman–Crippen MR) is 53.9 cm³/mol. The standard InChI is InChI=1S/C9H20ClNO/c1-4-6-12-7-5-11-9(2,3)8-10/h11H,4-8H2,1-3H3. The molecule has 0 aliphatic carbocycles. The van der Waals surface area contributed by atoms with Crippen LogP contribution in [0.25, 0.3) is 0 Å². The van der Waals surface area contributed by atoms with Gasteiger partial charge in [-0.1, -0.05) is 6.92 Å². The van der Waals surface area contributed by atoms with E-state index in [1.165, 1.54) is 0 Å². The summed E-state index contributed by atoms with van der Waals surface area (Å²) in [5.74, 6) is 0.626. The smallest absolute Gasteiger partial charge is 0.0591 e. The molecule has 0 aromatic carbocycles. The fraction of sp³-hybridized carbons (Fsp3) is 1.00. The van der Waals surface area contributed by atoms with Gasteiger partial charge in [-0.2, -0.15) is 0 Å². The van der Waals surface area contributed by atoms with Crippen molar-refractivity contribution in [1.29, 1.82) is 0 Å². The van der Waals surface area contributed by atoms with Gasteiger partial charge in [0.1, 0.15) is 0 Å². The van der Waals surface area contributed by atoms with E-state index in [0.29, 0.717) is 5.88 Å². The summed E-state index contributed by atoms with van der Waals surface area (Å²) in [6.07, 6.45) is 1.08. The summed E-state index contributed by atoms with van der Waals surface area (Å²) in [6, 6.07) is 0. The van der Waals surface area contributed by atoms with E-state index in [2.05, 4.69) is 26.1 Å². The van der Waals surface area contributed by atoms with Crippen LogP contribution in [0.1, 0.15) is 27.2 Å². The Hall–Kier alpha value is 0.210. The molecule has 0 atom stereocenters. The molecule has 74 valence electrons. The van der Waals surface area contributed by atoms with Crippen LogP contribution in [0, 0.1) is 0 Å². The third kappa shape index (κ3) is 6.89. The van der Waals surface area contributed by atoms with Crippen molar-refractivity contribution in [3.63, 3.8) is 0 Å². The summed E-state index contributed by atoms with van der Waals surface area (Å²) >= 11 is 5.73. The van der Waals surface area contributed by atoms with Crippen molar-refractivity contribution in [2.45, 2.75) is 32.7 Å². The van der Waals surface area contributed by atoms with Gasteiger partial charge in [0.25, 0.3) is 0 Å². The Morgan fingerprint density at radius 2 is 2.00 bits per heavy atom. The Labute approximate surface area is 80.6 Å². The lowest BCUT2D eigenvalue weighted by atomic mass is 10.1. The zero-order valence-electron chi connectivity index (χ0n) is 8.32. The molecule has 12 heavy (non-hydrogen) atoms. The van der Waals surface area contributed by atoms with Crippen molar-refractivity contribution >= 4 is 11.6 Å². The van der Waals surface area contributed by atoms with Gasteiger partial charge in [-0.05, 0) is 20.3 Å². The van der Waals surface area contributed by atoms with Gasteiger partial charge in [0, 0.05) is 24.6 Å². The molecule has 0 saturated carbocycles. The monoisotopic (exact) mass is 193 g/mol. The summed E-state index contributed by atoms with van der Waals surface area (Å²) in [6.45, 7) is 8.77. The summed E-state index contributed by atoms with van der Waals surface area (Å²) in [4.78, 5) is 0. The van der Waals surface area contributed by atoms with Crippen LogP contribution in [0.15, 0.2) is 0 Å². The Morgan fingerprint density at radius 3 is 2.50 bits per heavy atom. The van der Waals surface area contributed by atoms with Crippen molar-refractivity contribution in [3.05, 3.63) is 0 Å². The SMILES string of the molecule is CCCOCCNC(C)(C)CCl. The number of hydrogen-bond donors (Lipinski definition) is 1. The second-order valence-electron chi connectivity index (χ2n) is 3.56. The lowest BCUT2D eigenvalue weighted by Gasteiger charge is -2.23. The zero-order chi connectivity index (χ0) is 9.45. The van der Waals surface area contributed by atoms with Gasteiger partial charge < -0.3 is 10.1 Å². The fourth-order valence-corrected chi connectivity index (χ4v) is 0.850. The summed E-state index contributed by atoms with van der Waals surface area (Å²) in [5.41, 5.74) is 0.0249. The molecule has 3 heteroatoms. The average Bonchev–Trinajstić information content (AvgIpc) is 2.04. The Kier molecular flexibility index (Phi) is 6.81. The van der Waals surface area contributed by atoms with E-state index in [9.17, 15) is 0 Å². The molecule has 2 nitrogen and oxygen atoms in total. The first-order valence-electron chi connectivity index (χ1n) is 4.51. The number of nitrogens with one attached hydrogen (secondary N) is 1. The molecule has 0 unspecified atom stereocenters. The lowest BCUT2D eigenvalue weighted by Crippen LogP contribution is -2.42. The maximum atomic E-state index is 5.73. The van der Waals surface area contributed by atoms with E-state index in [0.717, 1.165) is 26.2 Å². The molecule has 0 saturated heterocycles. The summed E-state index contributed by atoms with van der Waals surface area (Å²) in [7, 11) is 0. The van der Waals surface area contributed by atoms with Crippen molar-refractivity contribution in [2.24, 2.45) is 0 Å². The van der Waals surface area contributed by atoms with Crippen molar-refractivity contribution in [1.82, 2.24) is 5.32 Å². The molecule has 0 heterocycles. The molecule has 0 amide bonds. The Bertz CT molecular complexity index is 107. The van der Waals surface area contributed by atoms with E-state index in [-0.39, 0.29) is 5.54 Å². The van der Waals surface area contributed by atoms with Gasteiger partial charge in [-0.3, -0.25) is 0 Å². The van der Waals surface area contributed by atoms with E-state index < -0.39 is 0 Å². The molecular formula is C9H20ClNO. The summed E-state index contributed by atoms with van der Waals surface area (Å²) in [5, 5.41) is 3.31. The van der Waals surface area contributed by atoms with Crippen LogP contribution in [-0.4, -0.2) is 31.2 Å². The Balaban J connectivity index is 3.19. The topological polar surface area (TPSA) is 21.3 Å². The highest BCUT2D eigenvalue weighted by Crippen LogP contribution is 2.02. The van der Waals surface area contributed by atoms with Gasteiger partial charge in [-0.15, -0.1) is 11.6 Å². The van der Waals surface area contributed by atoms with Crippen molar-refractivity contribution < 1.29 is 4.74 Å². The molecule has 0 aromatic rings. The van der Waals surface area contributed by atoms with Crippen LogP contribution in [0.4, 0.5) is 0 Å². The highest BCUT2D eigenvalue weighted by atomic mass is 35.5. The van der Waals surface area contributed by atoms with Crippen molar-refractivity contribution in [3.8, 4) is 0 Å².